The van der Waals surface area contributed by atoms with Gasteiger partial charge in [-0.2, -0.15) is 0 Å². The van der Waals surface area contributed by atoms with Gasteiger partial charge < -0.3 is 15.0 Å². The molecule has 26 heavy (non-hydrogen) atoms. The first kappa shape index (κ1) is 18.4. The number of thioether (sulfide) groups is 1. The van der Waals surface area contributed by atoms with Crippen molar-refractivity contribution >= 4 is 39.1 Å². The SMILES string of the molecule is CSc1nc(NCCCN2CCOCC2)c2c3c(sc2n1)CN(C)CC3. The van der Waals surface area contributed by atoms with Crippen molar-refractivity contribution in [1.29, 1.82) is 0 Å². The molecule has 2 aromatic heterocycles. The molecule has 0 radical (unpaired) electrons. The van der Waals surface area contributed by atoms with Gasteiger partial charge in [0.05, 0.1) is 18.6 Å². The molecule has 142 valence electrons. The second kappa shape index (κ2) is 8.39. The normalized spacial score (nSPS) is 19.0. The molecule has 4 heterocycles. The lowest BCUT2D eigenvalue weighted by Crippen LogP contribution is -2.37. The lowest BCUT2D eigenvalue weighted by Gasteiger charge is -2.26. The number of fused-ring (bicyclic) bond motifs is 3. The number of nitrogens with one attached hydrogen (secondary N) is 1. The number of rotatable bonds is 6. The second-order valence-corrected chi connectivity index (χ2v) is 8.82. The van der Waals surface area contributed by atoms with E-state index in [2.05, 4.69) is 22.2 Å². The molecule has 0 atom stereocenters. The fraction of sp³-hybridized carbons (Fsp3) is 0.667. The maximum Gasteiger partial charge on any atom is 0.190 e. The average molecular weight is 394 g/mol. The Labute approximate surface area is 163 Å². The van der Waals surface area contributed by atoms with Gasteiger partial charge in [-0.1, -0.05) is 11.8 Å². The molecule has 0 aromatic carbocycles. The summed E-state index contributed by atoms with van der Waals surface area (Å²) in [5.74, 6) is 1.03. The van der Waals surface area contributed by atoms with Crippen LogP contribution in [0.2, 0.25) is 0 Å². The van der Waals surface area contributed by atoms with Crippen molar-refractivity contribution in [1.82, 2.24) is 19.8 Å². The van der Waals surface area contributed by atoms with Crippen molar-refractivity contribution in [2.45, 2.75) is 24.5 Å². The van der Waals surface area contributed by atoms with E-state index < -0.39 is 0 Å². The average Bonchev–Trinajstić information content (AvgIpc) is 3.03. The Morgan fingerprint density at radius 3 is 2.88 bits per heavy atom. The molecule has 0 bridgehead atoms. The number of morpholine rings is 1. The van der Waals surface area contributed by atoms with E-state index in [4.69, 9.17) is 14.7 Å². The third-order valence-electron chi connectivity index (χ3n) is 5.10. The van der Waals surface area contributed by atoms with Gasteiger partial charge in [-0.25, -0.2) is 9.97 Å². The summed E-state index contributed by atoms with van der Waals surface area (Å²) in [4.78, 5) is 17.0. The predicted molar refractivity (Wildman–Crippen MR) is 110 cm³/mol. The Morgan fingerprint density at radius 2 is 2.08 bits per heavy atom. The zero-order valence-corrected chi connectivity index (χ0v) is 17.2. The fourth-order valence-electron chi connectivity index (χ4n) is 3.66. The van der Waals surface area contributed by atoms with Gasteiger partial charge in [0.1, 0.15) is 10.6 Å². The first-order valence-electron chi connectivity index (χ1n) is 9.33. The highest BCUT2D eigenvalue weighted by Crippen LogP contribution is 2.38. The Morgan fingerprint density at radius 1 is 1.23 bits per heavy atom. The van der Waals surface area contributed by atoms with Gasteiger partial charge >= 0.3 is 0 Å². The van der Waals surface area contributed by atoms with E-state index in [9.17, 15) is 0 Å². The van der Waals surface area contributed by atoms with E-state index in [0.29, 0.717) is 0 Å². The van der Waals surface area contributed by atoms with Crippen molar-refractivity contribution < 1.29 is 4.74 Å². The van der Waals surface area contributed by atoms with E-state index >= 15 is 0 Å². The van der Waals surface area contributed by atoms with Crippen LogP contribution in [0.4, 0.5) is 5.82 Å². The van der Waals surface area contributed by atoms with Crippen LogP contribution in [0, 0.1) is 0 Å². The number of hydrogen-bond donors (Lipinski definition) is 1. The molecule has 2 aliphatic rings. The molecule has 1 saturated heterocycles. The van der Waals surface area contributed by atoms with Gasteiger partial charge in [-0.15, -0.1) is 11.3 Å². The van der Waals surface area contributed by atoms with E-state index in [-0.39, 0.29) is 0 Å². The first-order valence-corrected chi connectivity index (χ1v) is 11.4. The highest BCUT2D eigenvalue weighted by Gasteiger charge is 2.23. The smallest absolute Gasteiger partial charge is 0.190 e. The maximum atomic E-state index is 5.42. The summed E-state index contributed by atoms with van der Waals surface area (Å²) in [6.07, 6.45) is 4.26. The number of nitrogens with zero attached hydrogens (tertiary/aromatic N) is 4. The highest BCUT2D eigenvalue weighted by molar-refractivity contribution is 7.98. The summed E-state index contributed by atoms with van der Waals surface area (Å²) in [5.41, 5.74) is 1.46. The molecule has 2 aliphatic heterocycles. The topological polar surface area (TPSA) is 53.5 Å². The summed E-state index contributed by atoms with van der Waals surface area (Å²) >= 11 is 3.46. The van der Waals surface area contributed by atoms with Gasteiger partial charge in [0.25, 0.3) is 0 Å². The minimum atomic E-state index is 0.861. The van der Waals surface area contributed by atoms with Crippen LogP contribution in [-0.4, -0.2) is 79.0 Å². The highest BCUT2D eigenvalue weighted by atomic mass is 32.2. The Balaban J connectivity index is 1.49. The monoisotopic (exact) mass is 393 g/mol. The number of aromatic nitrogens is 2. The maximum absolute atomic E-state index is 5.42. The van der Waals surface area contributed by atoms with Gasteiger partial charge in [0, 0.05) is 37.6 Å². The van der Waals surface area contributed by atoms with Crippen LogP contribution in [0.3, 0.4) is 0 Å². The minimum absolute atomic E-state index is 0.861. The standard InChI is InChI=1S/C18H27N5OS2/c1-22-7-4-13-14(12-22)26-17-15(13)16(20-18(21-17)25-2)19-5-3-6-23-8-10-24-11-9-23/h3-12H2,1-2H3,(H,19,20,21). The molecule has 0 unspecified atom stereocenters. The molecule has 1 N–H and O–H groups in total. The molecular weight excluding hydrogens is 366 g/mol. The minimum Gasteiger partial charge on any atom is -0.379 e. The van der Waals surface area contributed by atoms with Crippen molar-refractivity contribution in [3.05, 3.63) is 10.4 Å². The van der Waals surface area contributed by atoms with E-state index in [1.807, 2.05) is 17.6 Å². The van der Waals surface area contributed by atoms with Crippen LogP contribution in [0.15, 0.2) is 5.16 Å². The third-order valence-corrected chi connectivity index (χ3v) is 6.76. The number of hydrogen-bond acceptors (Lipinski definition) is 8. The number of ether oxygens (including phenoxy) is 1. The molecule has 2 aromatic rings. The summed E-state index contributed by atoms with van der Waals surface area (Å²) in [5, 5.41) is 5.75. The molecule has 0 spiro atoms. The van der Waals surface area contributed by atoms with E-state index in [0.717, 1.165) is 81.1 Å². The van der Waals surface area contributed by atoms with E-state index in [1.54, 1.807) is 11.8 Å². The zero-order valence-electron chi connectivity index (χ0n) is 15.6. The molecule has 8 heteroatoms. The van der Waals surface area contributed by atoms with Crippen LogP contribution in [0.1, 0.15) is 16.9 Å². The summed E-state index contributed by atoms with van der Waals surface area (Å²) in [6, 6.07) is 0. The summed E-state index contributed by atoms with van der Waals surface area (Å²) < 4.78 is 5.42. The second-order valence-electron chi connectivity index (χ2n) is 6.96. The number of anilines is 1. The molecule has 1 fully saturated rings. The summed E-state index contributed by atoms with van der Waals surface area (Å²) in [6.45, 7) is 8.05. The quantitative estimate of drug-likeness (QED) is 0.460. The molecular formula is C18H27N5OS2. The van der Waals surface area contributed by atoms with E-state index in [1.165, 1.54) is 15.8 Å². The van der Waals surface area contributed by atoms with Crippen molar-refractivity contribution in [3.63, 3.8) is 0 Å². The molecule has 0 amide bonds. The Kier molecular flexibility index (Phi) is 5.95. The van der Waals surface area contributed by atoms with Crippen LogP contribution in [0.5, 0.6) is 0 Å². The van der Waals surface area contributed by atoms with Gasteiger partial charge in [0.15, 0.2) is 5.16 Å². The van der Waals surface area contributed by atoms with Crippen molar-refractivity contribution in [2.24, 2.45) is 0 Å². The Bertz CT molecular complexity index is 760. The largest absolute Gasteiger partial charge is 0.379 e. The lowest BCUT2D eigenvalue weighted by molar-refractivity contribution is 0.0378. The molecule has 6 nitrogen and oxygen atoms in total. The van der Waals surface area contributed by atoms with Gasteiger partial charge in [0.2, 0.25) is 0 Å². The van der Waals surface area contributed by atoms with Gasteiger partial charge in [-0.3, -0.25) is 4.90 Å². The van der Waals surface area contributed by atoms with Crippen LogP contribution < -0.4 is 5.32 Å². The van der Waals surface area contributed by atoms with Gasteiger partial charge in [-0.05, 0) is 38.3 Å². The number of likely N-dealkylation sites (N-methyl/N-ethyl adjacent to an activating group) is 1. The van der Waals surface area contributed by atoms with Crippen molar-refractivity contribution in [2.75, 3.05) is 64.6 Å². The number of thiophene rings is 1. The first-order chi connectivity index (χ1) is 12.7. The molecule has 0 saturated carbocycles. The fourth-order valence-corrected chi connectivity index (χ4v) is 5.38. The molecule has 0 aliphatic carbocycles. The van der Waals surface area contributed by atoms with Crippen LogP contribution in [0.25, 0.3) is 10.2 Å². The van der Waals surface area contributed by atoms with Crippen LogP contribution >= 0.6 is 23.1 Å². The third kappa shape index (κ3) is 3.99. The van der Waals surface area contributed by atoms with Crippen molar-refractivity contribution in [3.8, 4) is 0 Å². The lowest BCUT2D eigenvalue weighted by atomic mass is 10.1. The zero-order chi connectivity index (χ0) is 17.9. The Hall–Kier alpha value is -0.930. The summed E-state index contributed by atoms with van der Waals surface area (Å²) in [7, 11) is 2.19. The molecule has 4 rings (SSSR count). The van der Waals surface area contributed by atoms with Crippen LogP contribution in [-0.2, 0) is 17.7 Å². The predicted octanol–water partition coefficient (Wildman–Crippen LogP) is 2.54.